The lowest BCUT2D eigenvalue weighted by molar-refractivity contribution is 0.0686. The molecule has 1 aliphatic heterocycles. The minimum Gasteiger partial charge on any atom is -0.476 e. The lowest BCUT2D eigenvalue weighted by Crippen LogP contribution is -2.35. The van der Waals surface area contributed by atoms with Crippen LogP contribution in [0.5, 0.6) is 0 Å². The van der Waals surface area contributed by atoms with Gasteiger partial charge >= 0.3 is 12.1 Å². The van der Waals surface area contributed by atoms with E-state index in [1.165, 1.54) is 35.0 Å². The molecular weight excluding hydrogens is 448 g/mol. The molecule has 3 aromatic rings. The molecule has 0 aliphatic carbocycles. The normalized spacial score (nSPS) is 14.5. The minimum absolute atomic E-state index is 0.0182. The molecule has 31 heavy (non-hydrogen) atoms. The third-order valence-corrected chi connectivity index (χ3v) is 5.36. The van der Waals surface area contributed by atoms with Gasteiger partial charge in [-0.1, -0.05) is 35.3 Å². The molecule has 4 rings (SSSR count). The van der Waals surface area contributed by atoms with Gasteiger partial charge in [-0.2, -0.15) is 5.10 Å². The molecule has 2 heterocycles. The van der Waals surface area contributed by atoms with Crippen LogP contribution in [0.2, 0.25) is 10.0 Å². The van der Waals surface area contributed by atoms with Crippen LogP contribution in [0.25, 0.3) is 17.3 Å². The summed E-state index contributed by atoms with van der Waals surface area (Å²) in [6, 6.07) is 10.3. The monoisotopic (exact) mass is 461 g/mol. The molecule has 0 radical (unpaired) electrons. The van der Waals surface area contributed by atoms with Gasteiger partial charge in [0.15, 0.2) is 5.69 Å². The maximum absolute atomic E-state index is 13.3. The second-order valence-corrected chi connectivity index (χ2v) is 7.69. The molecule has 2 N–H and O–H groups in total. The quantitative estimate of drug-likeness (QED) is 0.568. The highest BCUT2D eigenvalue weighted by molar-refractivity contribution is 6.35. The van der Waals surface area contributed by atoms with E-state index in [1.807, 2.05) is 0 Å². The van der Waals surface area contributed by atoms with Crippen molar-refractivity contribution < 1.29 is 24.2 Å². The van der Waals surface area contributed by atoms with Gasteiger partial charge in [0.1, 0.15) is 5.82 Å². The van der Waals surface area contributed by atoms with Crippen LogP contribution in [-0.2, 0) is 6.54 Å². The third kappa shape index (κ3) is 3.99. The average molecular weight is 462 g/mol. The van der Waals surface area contributed by atoms with Gasteiger partial charge in [-0.05, 0) is 47.5 Å². The van der Waals surface area contributed by atoms with E-state index in [9.17, 15) is 24.2 Å². The molecule has 0 fully saturated rings. The number of hydrogen-bond acceptors (Lipinski definition) is 3. The molecular formula is C21H14Cl2FN3O4. The van der Waals surface area contributed by atoms with Gasteiger partial charge in [0, 0.05) is 10.6 Å². The Labute approximate surface area is 185 Å². The van der Waals surface area contributed by atoms with E-state index in [2.05, 4.69) is 5.10 Å². The molecule has 1 aliphatic rings. The highest BCUT2D eigenvalue weighted by Gasteiger charge is 2.33. The summed E-state index contributed by atoms with van der Waals surface area (Å²) < 4.78 is 14.7. The predicted octanol–water partition coefficient (Wildman–Crippen LogP) is 5.05. The Morgan fingerprint density at radius 2 is 1.77 bits per heavy atom. The molecule has 0 bridgehead atoms. The van der Waals surface area contributed by atoms with Crippen molar-refractivity contribution in [2.45, 2.75) is 6.54 Å². The summed E-state index contributed by atoms with van der Waals surface area (Å²) >= 11 is 12.3. The maximum atomic E-state index is 13.3. The SMILES string of the molecule is O=C(O)c1nn(-c2ccc(Cl)cc2Cl)c2c1CN(C(=O)O)C/C2=C\c1ccc(F)cc1. The second-order valence-electron chi connectivity index (χ2n) is 6.85. The van der Waals surface area contributed by atoms with E-state index >= 15 is 0 Å². The zero-order chi connectivity index (χ0) is 22.3. The van der Waals surface area contributed by atoms with E-state index in [0.29, 0.717) is 27.5 Å². The molecule has 2 aromatic carbocycles. The lowest BCUT2D eigenvalue weighted by atomic mass is 9.98. The number of nitrogens with zero attached hydrogens (tertiary/aromatic N) is 3. The van der Waals surface area contributed by atoms with Crippen LogP contribution < -0.4 is 0 Å². The fourth-order valence-corrected chi connectivity index (χ4v) is 3.95. The van der Waals surface area contributed by atoms with Gasteiger partial charge in [-0.15, -0.1) is 0 Å². The number of carboxylic acid groups (broad SMARTS) is 2. The zero-order valence-electron chi connectivity index (χ0n) is 15.7. The first-order chi connectivity index (χ1) is 14.7. The first-order valence-electron chi connectivity index (χ1n) is 8.99. The lowest BCUT2D eigenvalue weighted by Gasteiger charge is -2.27. The van der Waals surface area contributed by atoms with Crippen LogP contribution in [0.15, 0.2) is 42.5 Å². The molecule has 0 saturated carbocycles. The summed E-state index contributed by atoms with van der Waals surface area (Å²) in [6.45, 7) is -0.173. The van der Waals surface area contributed by atoms with Gasteiger partial charge in [0.05, 0.1) is 29.5 Å². The summed E-state index contributed by atoms with van der Waals surface area (Å²) in [5.74, 6) is -1.71. The van der Waals surface area contributed by atoms with Crippen molar-refractivity contribution in [3.63, 3.8) is 0 Å². The number of hydrogen-bond donors (Lipinski definition) is 2. The van der Waals surface area contributed by atoms with E-state index in [1.54, 1.807) is 18.2 Å². The Morgan fingerprint density at radius 1 is 1.06 bits per heavy atom. The second kappa shape index (κ2) is 8.05. The number of halogens is 3. The van der Waals surface area contributed by atoms with E-state index in [-0.39, 0.29) is 29.4 Å². The van der Waals surface area contributed by atoms with Gasteiger partial charge in [0.2, 0.25) is 0 Å². The number of aromatic carboxylic acids is 1. The van der Waals surface area contributed by atoms with E-state index < -0.39 is 17.9 Å². The first kappa shape index (κ1) is 20.9. The van der Waals surface area contributed by atoms with Crippen LogP contribution in [0.1, 0.15) is 27.3 Å². The standard InChI is InChI=1S/C21H14Cl2FN3O4/c22-13-3-6-17(16(23)8-13)27-19-12(7-11-1-4-14(24)5-2-11)9-26(21(30)31)10-15(19)18(25-27)20(28)29/h1-8H,9-10H2,(H,28,29)(H,30,31)/b12-7+. The van der Waals surface area contributed by atoms with Crippen LogP contribution in [0, 0.1) is 5.82 Å². The van der Waals surface area contributed by atoms with Crippen molar-refractivity contribution >= 4 is 46.9 Å². The molecule has 7 nitrogen and oxygen atoms in total. The number of carbonyl (C=O) groups is 2. The highest BCUT2D eigenvalue weighted by Crippen LogP contribution is 2.35. The van der Waals surface area contributed by atoms with Crippen LogP contribution in [0.3, 0.4) is 0 Å². The highest BCUT2D eigenvalue weighted by atomic mass is 35.5. The van der Waals surface area contributed by atoms with Crippen LogP contribution in [-0.4, -0.2) is 43.5 Å². The predicted molar refractivity (Wildman–Crippen MR) is 113 cm³/mol. The Bertz CT molecular complexity index is 1240. The van der Waals surface area contributed by atoms with Crippen molar-refractivity contribution in [3.8, 4) is 5.69 Å². The van der Waals surface area contributed by atoms with Crippen molar-refractivity contribution in [1.29, 1.82) is 0 Å². The van der Waals surface area contributed by atoms with Crippen molar-refractivity contribution in [3.05, 3.63) is 80.8 Å². The van der Waals surface area contributed by atoms with Gasteiger partial charge < -0.3 is 10.2 Å². The van der Waals surface area contributed by atoms with Crippen LogP contribution >= 0.6 is 23.2 Å². The molecule has 0 atom stereocenters. The number of amides is 1. The fraction of sp³-hybridized carbons (Fsp3) is 0.0952. The van der Waals surface area contributed by atoms with Crippen LogP contribution in [0.4, 0.5) is 9.18 Å². The summed E-state index contributed by atoms with van der Waals surface area (Å²) in [7, 11) is 0. The number of aromatic nitrogens is 2. The Morgan fingerprint density at radius 3 is 2.39 bits per heavy atom. The van der Waals surface area contributed by atoms with E-state index in [0.717, 1.165) is 4.90 Å². The van der Waals surface area contributed by atoms with Gasteiger partial charge in [-0.25, -0.2) is 18.7 Å². The summed E-state index contributed by atoms with van der Waals surface area (Å²) in [6.07, 6.45) is 0.463. The number of benzene rings is 2. The molecule has 10 heteroatoms. The maximum Gasteiger partial charge on any atom is 0.407 e. The largest absolute Gasteiger partial charge is 0.476 e. The number of carboxylic acids is 1. The Hall–Kier alpha value is -3.36. The third-order valence-electron chi connectivity index (χ3n) is 4.82. The molecule has 1 amide bonds. The van der Waals surface area contributed by atoms with Crippen molar-refractivity contribution in [1.82, 2.24) is 14.7 Å². The molecule has 0 saturated heterocycles. The summed E-state index contributed by atoms with van der Waals surface area (Å²) in [4.78, 5) is 24.7. The van der Waals surface area contributed by atoms with Crippen molar-refractivity contribution in [2.24, 2.45) is 0 Å². The molecule has 0 unspecified atom stereocenters. The zero-order valence-corrected chi connectivity index (χ0v) is 17.2. The number of fused-ring (bicyclic) bond motifs is 1. The first-order valence-corrected chi connectivity index (χ1v) is 9.75. The summed E-state index contributed by atoms with van der Waals surface area (Å²) in [5, 5.41) is 24.1. The molecule has 1 aromatic heterocycles. The number of rotatable bonds is 3. The van der Waals surface area contributed by atoms with Gasteiger partial charge in [0.25, 0.3) is 0 Å². The molecule has 158 valence electrons. The fourth-order valence-electron chi connectivity index (χ4n) is 3.47. The molecule has 0 spiro atoms. The van der Waals surface area contributed by atoms with Gasteiger partial charge in [-0.3, -0.25) is 4.90 Å². The minimum atomic E-state index is -1.30. The average Bonchev–Trinajstić information content (AvgIpc) is 3.09. The summed E-state index contributed by atoms with van der Waals surface area (Å²) in [5.41, 5.74) is 1.87. The smallest absolute Gasteiger partial charge is 0.407 e. The van der Waals surface area contributed by atoms with E-state index in [4.69, 9.17) is 23.2 Å². The topological polar surface area (TPSA) is 95.7 Å². The Balaban J connectivity index is 1.98. The Kier molecular flexibility index (Phi) is 5.43. The van der Waals surface area contributed by atoms with Crippen molar-refractivity contribution in [2.75, 3.05) is 6.54 Å².